The van der Waals surface area contributed by atoms with Crippen LogP contribution in [0.5, 0.6) is 0 Å². The first-order valence-electron chi connectivity index (χ1n) is 3.44. The van der Waals surface area contributed by atoms with E-state index in [4.69, 9.17) is 31.8 Å². The van der Waals surface area contributed by atoms with E-state index in [0.29, 0.717) is 20.8 Å². The highest BCUT2D eigenvalue weighted by molar-refractivity contribution is 8.86. The van der Waals surface area contributed by atoms with Crippen molar-refractivity contribution >= 4 is 55.0 Å². The van der Waals surface area contributed by atoms with E-state index < -0.39 is 21.9 Å². The smallest absolute Gasteiger partial charge is 0.353 e. The Kier molecular flexibility index (Phi) is 3.51. The number of carbonyl (C=O) groups is 2. The molecule has 0 aromatic heterocycles. The molecule has 8 heteroatoms. The highest BCUT2D eigenvalue weighted by atomic mass is 35.7. The van der Waals surface area contributed by atoms with E-state index in [1.54, 1.807) is 0 Å². The summed E-state index contributed by atoms with van der Waals surface area (Å²) in [6.45, 7) is 2.88. The molecular formula is C6H6Cl2O4S2. The summed E-state index contributed by atoms with van der Waals surface area (Å²) >= 11 is 5.71. The molecule has 1 heterocycles. The lowest BCUT2D eigenvalue weighted by molar-refractivity contribution is -0.232. The molecule has 0 aromatic carbocycles. The van der Waals surface area contributed by atoms with E-state index in [-0.39, 0.29) is 0 Å². The van der Waals surface area contributed by atoms with Crippen LogP contribution in [0.1, 0.15) is 13.8 Å². The number of hydrogen-bond donors (Lipinski definition) is 0. The fourth-order valence-electron chi connectivity index (χ4n) is 0.793. The molecule has 1 aliphatic rings. The predicted molar refractivity (Wildman–Crippen MR) is 55.9 cm³/mol. The van der Waals surface area contributed by atoms with E-state index in [1.165, 1.54) is 13.8 Å². The number of rotatable bonds is 2. The number of halogens is 2. The fourth-order valence-corrected chi connectivity index (χ4v) is 3.27. The molecule has 14 heavy (non-hydrogen) atoms. The number of hydrogen-bond acceptors (Lipinski definition) is 6. The molecule has 0 saturated carbocycles. The standard InChI is InChI=1S/C6H6Cl2O4S2/c1-5(2)11-3(9)6(7,13-14-8)4(10)12-5/h1-2H3. The minimum absolute atomic E-state index is 0.670. The second-order valence-corrected chi connectivity index (χ2v) is 6.63. The number of ether oxygens (including phenoxy) is 2. The average molecular weight is 277 g/mol. The highest BCUT2D eigenvalue weighted by Crippen LogP contribution is 2.46. The van der Waals surface area contributed by atoms with Crippen molar-refractivity contribution in [1.29, 1.82) is 0 Å². The van der Waals surface area contributed by atoms with Gasteiger partial charge in [0, 0.05) is 23.9 Å². The molecule has 0 aliphatic carbocycles. The third kappa shape index (κ3) is 2.24. The second-order valence-electron chi connectivity index (χ2n) is 2.92. The Balaban J connectivity index is 2.91. The topological polar surface area (TPSA) is 52.6 Å². The maximum Gasteiger partial charge on any atom is 0.353 e. The quantitative estimate of drug-likeness (QED) is 0.334. The van der Waals surface area contributed by atoms with Gasteiger partial charge < -0.3 is 9.47 Å². The molecule has 80 valence electrons. The van der Waals surface area contributed by atoms with Crippen molar-refractivity contribution < 1.29 is 19.1 Å². The lowest BCUT2D eigenvalue weighted by Gasteiger charge is -2.35. The minimum Gasteiger partial charge on any atom is -0.421 e. The van der Waals surface area contributed by atoms with E-state index in [0.717, 1.165) is 0 Å². The Labute approximate surface area is 97.9 Å². The van der Waals surface area contributed by atoms with Gasteiger partial charge in [-0.15, -0.1) is 0 Å². The molecule has 4 nitrogen and oxygen atoms in total. The summed E-state index contributed by atoms with van der Waals surface area (Å²) in [6, 6.07) is 0. The molecule has 0 atom stereocenters. The average Bonchev–Trinajstić information content (AvgIpc) is 2.00. The van der Waals surface area contributed by atoms with Gasteiger partial charge in [0.2, 0.25) is 0 Å². The molecule has 1 fully saturated rings. The first-order valence-corrected chi connectivity index (χ1v) is 6.79. The van der Waals surface area contributed by atoms with Gasteiger partial charge in [0.1, 0.15) is 0 Å². The third-order valence-electron chi connectivity index (χ3n) is 1.35. The van der Waals surface area contributed by atoms with Gasteiger partial charge in [0.25, 0.3) is 9.99 Å². The summed E-state index contributed by atoms with van der Waals surface area (Å²) in [4.78, 5) is 22.8. The Morgan fingerprint density at radius 1 is 1.21 bits per heavy atom. The molecule has 0 radical (unpaired) electrons. The minimum atomic E-state index is -1.90. The molecular weight excluding hydrogens is 271 g/mol. The van der Waals surface area contributed by atoms with E-state index >= 15 is 0 Å². The monoisotopic (exact) mass is 276 g/mol. The van der Waals surface area contributed by atoms with Crippen molar-refractivity contribution in [2.75, 3.05) is 0 Å². The van der Waals surface area contributed by atoms with Gasteiger partial charge in [-0.05, 0) is 21.5 Å². The molecule has 0 amide bonds. The maximum atomic E-state index is 11.4. The first kappa shape index (κ1) is 12.3. The van der Waals surface area contributed by atoms with E-state index in [2.05, 4.69) is 0 Å². The zero-order valence-electron chi connectivity index (χ0n) is 7.21. The number of carbonyl (C=O) groups excluding carboxylic acids is 2. The maximum absolute atomic E-state index is 11.4. The zero-order valence-corrected chi connectivity index (χ0v) is 10.4. The molecule has 1 aliphatic heterocycles. The Morgan fingerprint density at radius 2 is 1.64 bits per heavy atom. The molecule has 0 bridgehead atoms. The predicted octanol–water partition coefficient (Wildman–Crippen LogP) is 2.29. The lowest BCUT2D eigenvalue weighted by Crippen LogP contribution is -2.53. The van der Waals surface area contributed by atoms with Crippen LogP contribution in [0.4, 0.5) is 0 Å². The van der Waals surface area contributed by atoms with Gasteiger partial charge in [-0.3, -0.25) is 0 Å². The van der Waals surface area contributed by atoms with Crippen LogP contribution in [0.2, 0.25) is 0 Å². The van der Waals surface area contributed by atoms with Crippen LogP contribution in [0.3, 0.4) is 0 Å². The molecule has 1 saturated heterocycles. The first-order chi connectivity index (χ1) is 6.32. The van der Waals surface area contributed by atoms with Crippen LogP contribution in [0.15, 0.2) is 0 Å². The third-order valence-corrected chi connectivity index (χ3v) is 4.29. The Morgan fingerprint density at radius 3 is 2.00 bits per heavy atom. The van der Waals surface area contributed by atoms with Crippen LogP contribution in [0, 0.1) is 0 Å². The van der Waals surface area contributed by atoms with Crippen LogP contribution in [-0.2, 0) is 19.1 Å². The summed E-state index contributed by atoms with van der Waals surface area (Å²) < 4.78 is 7.71. The molecule has 0 unspecified atom stereocenters. The number of alkyl halides is 1. The van der Waals surface area contributed by atoms with Gasteiger partial charge >= 0.3 is 11.9 Å². The van der Waals surface area contributed by atoms with Crippen molar-refractivity contribution in [1.82, 2.24) is 0 Å². The Hall–Kier alpha value is 0.220. The highest BCUT2D eigenvalue weighted by Gasteiger charge is 2.56. The van der Waals surface area contributed by atoms with Crippen molar-refractivity contribution in [3.63, 3.8) is 0 Å². The largest absolute Gasteiger partial charge is 0.421 e. The molecule has 0 spiro atoms. The van der Waals surface area contributed by atoms with Crippen LogP contribution >= 0.6 is 43.1 Å². The number of esters is 2. The molecule has 0 aromatic rings. The normalized spacial score (nSPS) is 24.0. The summed E-state index contributed by atoms with van der Waals surface area (Å²) in [5.41, 5.74) is 0. The zero-order chi connectivity index (χ0) is 11.0. The summed E-state index contributed by atoms with van der Waals surface area (Å²) in [5, 5.41) is 0. The number of cyclic esters (lactones) is 2. The van der Waals surface area contributed by atoms with Crippen LogP contribution in [-0.4, -0.2) is 21.9 Å². The summed E-state index contributed by atoms with van der Waals surface area (Å²) in [7, 11) is 6.65. The lowest BCUT2D eigenvalue weighted by atomic mass is 10.3. The van der Waals surface area contributed by atoms with Gasteiger partial charge in [0.05, 0.1) is 0 Å². The van der Waals surface area contributed by atoms with Crippen molar-refractivity contribution in [2.24, 2.45) is 0 Å². The van der Waals surface area contributed by atoms with E-state index in [1.807, 2.05) is 0 Å². The fraction of sp³-hybridized carbons (Fsp3) is 0.667. The van der Waals surface area contributed by atoms with Gasteiger partial charge in [0.15, 0.2) is 0 Å². The van der Waals surface area contributed by atoms with Crippen molar-refractivity contribution in [3.05, 3.63) is 0 Å². The summed E-state index contributed by atoms with van der Waals surface area (Å²) in [5.74, 6) is -3.00. The van der Waals surface area contributed by atoms with E-state index in [9.17, 15) is 9.59 Å². The summed E-state index contributed by atoms with van der Waals surface area (Å²) in [6.07, 6.45) is 0. The Bertz CT molecular complexity index is 261. The van der Waals surface area contributed by atoms with Crippen LogP contribution < -0.4 is 0 Å². The van der Waals surface area contributed by atoms with Crippen molar-refractivity contribution in [3.8, 4) is 0 Å². The van der Waals surface area contributed by atoms with Gasteiger partial charge in [-0.2, -0.15) is 0 Å². The van der Waals surface area contributed by atoms with Gasteiger partial charge in [-0.25, -0.2) is 9.59 Å². The van der Waals surface area contributed by atoms with Crippen LogP contribution in [0.25, 0.3) is 0 Å². The second kappa shape index (κ2) is 4.00. The van der Waals surface area contributed by atoms with Gasteiger partial charge in [-0.1, -0.05) is 11.6 Å². The van der Waals surface area contributed by atoms with Crippen molar-refractivity contribution in [2.45, 2.75) is 23.8 Å². The molecule has 1 rings (SSSR count). The SMILES string of the molecule is CC1(C)OC(=O)C(Cl)(SSCl)C(=O)O1. The molecule has 0 N–H and O–H groups in total.